The van der Waals surface area contributed by atoms with Crippen LogP contribution in [0.5, 0.6) is 11.5 Å². The summed E-state index contributed by atoms with van der Waals surface area (Å²) in [5.41, 5.74) is 2.94. The first-order valence-electron chi connectivity index (χ1n) is 8.88. The monoisotopic (exact) mass is 372 g/mol. The van der Waals surface area contributed by atoms with Crippen LogP contribution in [0.1, 0.15) is 24.5 Å². The molecule has 146 valence electrons. The fraction of sp³-hybridized carbons (Fsp3) is 0.381. The molecular weight excluding hydrogens is 344 g/mol. The van der Waals surface area contributed by atoms with Crippen molar-refractivity contribution < 1.29 is 19.0 Å². The Morgan fingerprint density at radius 1 is 1.04 bits per heavy atom. The van der Waals surface area contributed by atoms with Crippen LogP contribution in [0.3, 0.4) is 0 Å². The first-order valence-corrected chi connectivity index (χ1v) is 8.88. The van der Waals surface area contributed by atoms with Gasteiger partial charge in [0.2, 0.25) is 5.91 Å². The molecule has 2 aromatic carbocycles. The number of anilines is 1. The van der Waals surface area contributed by atoms with Crippen molar-refractivity contribution >= 4 is 11.6 Å². The van der Waals surface area contributed by atoms with Gasteiger partial charge in [-0.15, -0.1) is 0 Å². The van der Waals surface area contributed by atoms with Gasteiger partial charge in [-0.05, 0) is 30.2 Å². The lowest BCUT2D eigenvalue weighted by Gasteiger charge is -2.16. The lowest BCUT2D eigenvalue weighted by atomic mass is 10.1. The second kappa shape index (κ2) is 10.5. The molecule has 6 heteroatoms. The minimum Gasteiger partial charge on any atom is -0.497 e. The molecule has 0 aliphatic rings. The molecule has 0 fully saturated rings. The van der Waals surface area contributed by atoms with E-state index in [-0.39, 0.29) is 11.9 Å². The Bertz CT molecular complexity index is 749. The van der Waals surface area contributed by atoms with Gasteiger partial charge in [0, 0.05) is 32.2 Å². The summed E-state index contributed by atoms with van der Waals surface area (Å²) >= 11 is 0. The number of rotatable bonds is 10. The summed E-state index contributed by atoms with van der Waals surface area (Å²) in [6.45, 7) is 3.24. The zero-order valence-corrected chi connectivity index (χ0v) is 16.4. The molecule has 2 N–H and O–H groups in total. The van der Waals surface area contributed by atoms with Crippen molar-refractivity contribution in [1.29, 1.82) is 0 Å². The number of carbonyl (C=O) groups is 1. The Morgan fingerprint density at radius 2 is 1.78 bits per heavy atom. The molecule has 1 atom stereocenters. The Balaban J connectivity index is 1.89. The number of amides is 1. The zero-order valence-electron chi connectivity index (χ0n) is 16.4. The van der Waals surface area contributed by atoms with Crippen molar-refractivity contribution in [2.45, 2.75) is 32.5 Å². The molecule has 0 aliphatic carbocycles. The lowest BCUT2D eigenvalue weighted by Crippen LogP contribution is -2.30. The van der Waals surface area contributed by atoms with E-state index in [4.69, 9.17) is 14.2 Å². The van der Waals surface area contributed by atoms with Crippen LogP contribution in [0.15, 0.2) is 42.5 Å². The maximum absolute atomic E-state index is 12.4. The number of carbonyl (C=O) groups excluding carboxylic acids is 1. The molecule has 1 amide bonds. The molecule has 6 nitrogen and oxygen atoms in total. The van der Waals surface area contributed by atoms with E-state index in [1.807, 2.05) is 25.1 Å². The molecule has 0 saturated heterocycles. The van der Waals surface area contributed by atoms with E-state index < -0.39 is 0 Å². The van der Waals surface area contributed by atoms with Crippen LogP contribution in [-0.4, -0.2) is 33.3 Å². The highest BCUT2D eigenvalue weighted by atomic mass is 16.5. The summed E-state index contributed by atoms with van der Waals surface area (Å²) in [6, 6.07) is 13.4. The van der Waals surface area contributed by atoms with Crippen LogP contribution in [0.2, 0.25) is 0 Å². The number of ether oxygens (including phenoxy) is 3. The van der Waals surface area contributed by atoms with Crippen LogP contribution in [0.25, 0.3) is 0 Å². The van der Waals surface area contributed by atoms with Gasteiger partial charge in [0.15, 0.2) is 0 Å². The summed E-state index contributed by atoms with van der Waals surface area (Å²) in [6.07, 6.45) is 0.349. The van der Waals surface area contributed by atoms with Gasteiger partial charge in [0.1, 0.15) is 11.5 Å². The van der Waals surface area contributed by atoms with Crippen molar-refractivity contribution in [3.63, 3.8) is 0 Å². The quantitative estimate of drug-likeness (QED) is 0.669. The van der Waals surface area contributed by atoms with Crippen molar-refractivity contribution in [1.82, 2.24) is 5.32 Å². The SMILES string of the molecule is COCc1ccccc1CNC(C)CC(=O)Nc1ccc(OC)cc1OC. The molecule has 1 unspecified atom stereocenters. The summed E-state index contributed by atoms with van der Waals surface area (Å²) in [5.74, 6) is 1.16. The summed E-state index contributed by atoms with van der Waals surface area (Å²) in [4.78, 5) is 12.4. The minimum absolute atomic E-state index is 0.0184. The fourth-order valence-corrected chi connectivity index (χ4v) is 2.76. The molecule has 0 saturated carbocycles. The number of nitrogens with one attached hydrogen (secondary N) is 2. The molecule has 0 aliphatic heterocycles. The molecule has 27 heavy (non-hydrogen) atoms. The number of methoxy groups -OCH3 is 3. The van der Waals surface area contributed by atoms with Crippen LogP contribution in [0, 0.1) is 0 Å². The van der Waals surface area contributed by atoms with Crippen LogP contribution >= 0.6 is 0 Å². The van der Waals surface area contributed by atoms with Gasteiger partial charge in [-0.2, -0.15) is 0 Å². The van der Waals surface area contributed by atoms with E-state index in [1.165, 1.54) is 5.56 Å². The fourth-order valence-electron chi connectivity index (χ4n) is 2.76. The smallest absolute Gasteiger partial charge is 0.226 e. The van der Waals surface area contributed by atoms with E-state index in [0.29, 0.717) is 36.8 Å². The van der Waals surface area contributed by atoms with Crippen molar-refractivity contribution in [3.05, 3.63) is 53.6 Å². The van der Waals surface area contributed by atoms with Gasteiger partial charge in [-0.3, -0.25) is 4.79 Å². The van der Waals surface area contributed by atoms with Crippen molar-refractivity contribution in [2.24, 2.45) is 0 Å². The highest BCUT2D eigenvalue weighted by molar-refractivity contribution is 5.92. The Labute approximate surface area is 160 Å². The van der Waals surface area contributed by atoms with Gasteiger partial charge in [-0.1, -0.05) is 24.3 Å². The first kappa shape index (κ1) is 20.7. The van der Waals surface area contributed by atoms with Crippen LogP contribution < -0.4 is 20.1 Å². The zero-order chi connectivity index (χ0) is 19.6. The third-order valence-electron chi connectivity index (χ3n) is 4.23. The van der Waals surface area contributed by atoms with Gasteiger partial charge in [0.25, 0.3) is 0 Å². The van der Waals surface area contributed by atoms with E-state index in [9.17, 15) is 4.79 Å². The Hall–Kier alpha value is -2.57. The predicted octanol–water partition coefficient (Wildman–Crippen LogP) is 3.36. The van der Waals surface area contributed by atoms with Gasteiger partial charge in [-0.25, -0.2) is 0 Å². The van der Waals surface area contributed by atoms with E-state index in [0.717, 1.165) is 5.56 Å². The minimum atomic E-state index is -0.0800. The van der Waals surface area contributed by atoms with Crippen molar-refractivity contribution in [3.8, 4) is 11.5 Å². The molecule has 0 heterocycles. The second-order valence-electron chi connectivity index (χ2n) is 6.30. The van der Waals surface area contributed by atoms with Crippen molar-refractivity contribution in [2.75, 3.05) is 26.6 Å². The molecule has 0 radical (unpaired) electrons. The number of benzene rings is 2. The first-order chi connectivity index (χ1) is 13.1. The third kappa shape index (κ3) is 6.27. The topological polar surface area (TPSA) is 68.8 Å². The third-order valence-corrected chi connectivity index (χ3v) is 4.23. The standard InChI is InChI=1S/C21H28N2O4/c1-15(22-13-16-7-5-6-8-17(16)14-25-2)11-21(24)23-19-10-9-18(26-3)12-20(19)27-4/h5-10,12,15,22H,11,13-14H2,1-4H3,(H,23,24). The normalized spacial score (nSPS) is 11.7. The molecule has 2 rings (SSSR count). The van der Waals surface area contributed by atoms with Crippen LogP contribution in [-0.2, 0) is 22.7 Å². The average molecular weight is 372 g/mol. The average Bonchev–Trinajstić information content (AvgIpc) is 2.67. The van der Waals surface area contributed by atoms with Crippen LogP contribution in [0.4, 0.5) is 5.69 Å². The molecule has 0 spiro atoms. The lowest BCUT2D eigenvalue weighted by molar-refractivity contribution is -0.116. The van der Waals surface area contributed by atoms with E-state index in [1.54, 1.807) is 39.5 Å². The van der Waals surface area contributed by atoms with Gasteiger partial charge in [0.05, 0.1) is 26.5 Å². The summed E-state index contributed by atoms with van der Waals surface area (Å²) < 4.78 is 15.7. The maximum Gasteiger partial charge on any atom is 0.226 e. The number of hydrogen-bond donors (Lipinski definition) is 2. The predicted molar refractivity (Wildman–Crippen MR) is 106 cm³/mol. The number of hydrogen-bond acceptors (Lipinski definition) is 5. The Morgan fingerprint density at radius 3 is 2.44 bits per heavy atom. The molecule has 2 aromatic rings. The van der Waals surface area contributed by atoms with Gasteiger partial charge >= 0.3 is 0 Å². The van der Waals surface area contributed by atoms with Gasteiger partial charge < -0.3 is 24.8 Å². The highest BCUT2D eigenvalue weighted by Crippen LogP contribution is 2.29. The second-order valence-corrected chi connectivity index (χ2v) is 6.30. The largest absolute Gasteiger partial charge is 0.497 e. The highest BCUT2D eigenvalue weighted by Gasteiger charge is 2.13. The molecular formula is C21H28N2O4. The van der Waals surface area contributed by atoms with E-state index in [2.05, 4.69) is 16.7 Å². The molecule has 0 bridgehead atoms. The van der Waals surface area contributed by atoms with E-state index >= 15 is 0 Å². The Kier molecular flexibility index (Phi) is 8.10. The summed E-state index contributed by atoms with van der Waals surface area (Å²) in [5, 5.41) is 6.29. The summed E-state index contributed by atoms with van der Waals surface area (Å²) in [7, 11) is 4.84. The molecule has 0 aromatic heterocycles. The maximum atomic E-state index is 12.4.